The van der Waals surface area contributed by atoms with Crippen LogP contribution < -0.4 is 0 Å². The highest BCUT2D eigenvalue weighted by Gasteiger charge is 2.77. The SMILES string of the molecule is CC1=NC2CC3SC(C4CCC(C5=NC6CC(C(C7CCC8SC(C9CCC(C)CC9)=NC8C7)(C(F)(F)F)C(F)(F)F)CCC6S5)CC4)=NC3CC2S1. The Hall–Kier alpha value is -0.340. The highest BCUT2D eigenvalue weighted by molar-refractivity contribution is 8.15. The van der Waals surface area contributed by atoms with Crippen LogP contribution in [-0.4, -0.2) is 77.7 Å². The normalized spacial score (nSPS) is 44.7. The molecular formula is C39H52F6N4S4. The molecule has 0 amide bonds. The number of rotatable bonds is 5. The van der Waals surface area contributed by atoms with Crippen LogP contribution in [0.1, 0.15) is 117 Å². The average molecular weight is 819 g/mol. The number of hydrogen-bond acceptors (Lipinski definition) is 8. The van der Waals surface area contributed by atoms with Crippen LogP contribution >= 0.6 is 47.0 Å². The lowest BCUT2D eigenvalue weighted by Crippen LogP contribution is -2.62. The molecule has 0 bridgehead atoms. The maximum Gasteiger partial charge on any atom is 0.403 e. The van der Waals surface area contributed by atoms with E-state index in [1.807, 2.05) is 23.5 Å². The number of fused-ring (bicyclic) bond motifs is 4. The molecule has 9 rings (SSSR count). The van der Waals surface area contributed by atoms with E-state index >= 15 is 26.3 Å². The number of thioether (sulfide) groups is 4. The van der Waals surface area contributed by atoms with Crippen molar-refractivity contribution in [3.63, 3.8) is 0 Å². The first-order valence-corrected chi connectivity index (χ1v) is 23.9. The molecule has 4 heterocycles. The summed E-state index contributed by atoms with van der Waals surface area (Å²) in [6.07, 6.45) is -0.0339. The standard InChI is InChI=1S/C39H52F6N4S4/c1-19-3-5-21(6-4-19)34-47-26-15-24(11-13-30(26)51-34)37(38(40,41)42,39(43,44)45)25-12-14-31-27(16-25)48-35(52-31)22-7-9-23(10-8-22)36-49-29-18-32-28(17-33(29)53-36)46-20(2)50-32/h19,21-33H,3-18H2,1-2H3. The number of aliphatic imine (C=N–C) groups is 4. The molecule has 5 saturated carbocycles. The summed E-state index contributed by atoms with van der Waals surface area (Å²) in [4.78, 5) is 20.0. The minimum atomic E-state index is -5.39. The molecular weight excluding hydrogens is 767 g/mol. The Kier molecular flexibility index (Phi) is 10.4. The Labute approximate surface area is 327 Å². The fraction of sp³-hybridized carbons (Fsp3) is 0.897. The van der Waals surface area contributed by atoms with Gasteiger partial charge in [-0.15, -0.1) is 47.0 Å². The first-order chi connectivity index (χ1) is 25.3. The second kappa shape index (κ2) is 14.5. The van der Waals surface area contributed by atoms with Crippen molar-refractivity contribution in [3.8, 4) is 0 Å². The Bertz CT molecular complexity index is 1520. The molecule has 0 aromatic carbocycles. The Morgan fingerprint density at radius 2 is 0.830 bits per heavy atom. The van der Waals surface area contributed by atoms with E-state index in [9.17, 15) is 0 Å². The third kappa shape index (κ3) is 6.92. The van der Waals surface area contributed by atoms with Gasteiger partial charge in [-0.25, -0.2) is 0 Å². The average Bonchev–Trinajstić information content (AvgIpc) is 3.90. The maximum absolute atomic E-state index is 15.4. The predicted octanol–water partition coefficient (Wildman–Crippen LogP) is 11.7. The molecule has 10 atom stereocenters. The van der Waals surface area contributed by atoms with Gasteiger partial charge >= 0.3 is 12.4 Å². The summed E-state index contributed by atoms with van der Waals surface area (Å²) in [5.41, 5.74) is -3.72. The minimum Gasteiger partial charge on any atom is -0.279 e. The molecule has 9 aliphatic rings. The van der Waals surface area contributed by atoms with Crippen molar-refractivity contribution in [1.29, 1.82) is 0 Å². The number of hydrogen-bond donors (Lipinski definition) is 0. The zero-order valence-corrected chi connectivity index (χ0v) is 33.9. The van der Waals surface area contributed by atoms with Gasteiger partial charge in [-0.2, -0.15) is 26.3 Å². The molecule has 5 fully saturated rings. The molecule has 10 unspecified atom stereocenters. The lowest BCUT2D eigenvalue weighted by atomic mass is 9.56. The van der Waals surface area contributed by atoms with E-state index in [0.717, 1.165) is 74.3 Å². The van der Waals surface area contributed by atoms with E-state index in [0.29, 0.717) is 53.2 Å². The second-order valence-electron chi connectivity index (χ2n) is 17.8. The summed E-state index contributed by atoms with van der Waals surface area (Å²) >= 11 is 7.22. The van der Waals surface area contributed by atoms with E-state index in [1.165, 1.54) is 10.1 Å². The summed E-state index contributed by atoms with van der Waals surface area (Å²) in [5.74, 6) is -1.37. The highest BCUT2D eigenvalue weighted by atomic mass is 32.2. The van der Waals surface area contributed by atoms with Crippen molar-refractivity contribution in [2.45, 2.75) is 174 Å². The molecule has 14 heteroatoms. The minimum absolute atomic E-state index is 0.00491. The molecule has 4 aliphatic heterocycles. The summed E-state index contributed by atoms with van der Waals surface area (Å²) in [7, 11) is 0. The van der Waals surface area contributed by atoms with Crippen molar-refractivity contribution in [3.05, 3.63) is 0 Å². The van der Waals surface area contributed by atoms with Crippen LogP contribution in [0.3, 0.4) is 0 Å². The smallest absolute Gasteiger partial charge is 0.279 e. The Morgan fingerprint density at radius 1 is 0.453 bits per heavy atom. The van der Waals surface area contributed by atoms with Crippen LogP contribution in [0.4, 0.5) is 26.3 Å². The van der Waals surface area contributed by atoms with Gasteiger partial charge in [0.2, 0.25) is 0 Å². The monoisotopic (exact) mass is 818 g/mol. The zero-order valence-electron chi connectivity index (χ0n) is 30.6. The molecule has 0 spiro atoms. The van der Waals surface area contributed by atoms with Gasteiger partial charge in [0.05, 0.1) is 44.3 Å². The maximum atomic E-state index is 15.4. The van der Waals surface area contributed by atoms with Gasteiger partial charge in [0.25, 0.3) is 0 Å². The van der Waals surface area contributed by atoms with E-state index < -0.39 is 41.7 Å². The van der Waals surface area contributed by atoms with Gasteiger partial charge in [-0.3, -0.25) is 20.0 Å². The van der Waals surface area contributed by atoms with E-state index in [4.69, 9.17) is 20.0 Å². The van der Waals surface area contributed by atoms with Gasteiger partial charge in [0.15, 0.2) is 5.41 Å². The van der Waals surface area contributed by atoms with Crippen molar-refractivity contribution < 1.29 is 26.3 Å². The van der Waals surface area contributed by atoms with E-state index in [-0.39, 0.29) is 42.1 Å². The lowest BCUT2D eigenvalue weighted by Gasteiger charge is -2.52. The molecule has 53 heavy (non-hydrogen) atoms. The Morgan fingerprint density at radius 3 is 1.28 bits per heavy atom. The third-order valence-corrected chi connectivity index (χ3v) is 20.5. The largest absolute Gasteiger partial charge is 0.403 e. The molecule has 0 N–H and O–H groups in total. The summed E-state index contributed by atoms with van der Waals surface area (Å²) in [5, 5.41) is 5.55. The van der Waals surface area contributed by atoms with Gasteiger partial charge < -0.3 is 0 Å². The van der Waals surface area contributed by atoms with Gasteiger partial charge in [-0.1, -0.05) is 19.8 Å². The van der Waals surface area contributed by atoms with Crippen molar-refractivity contribution in [2.75, 3.05) is 0 Å². The van der Waals surface area contributed by atoms with Gasteiger partial charge in [0, 0.05) is 38.8 Å². The zero-order chi connectivity index (χ0) is 36.9. The molecule has 0 aromatic rings. The number of nitrogens with zero attached hydrogens (tertiary/aromatic N) is 4. The highest BCUT2D eigenvalue weighted by Crippen LogP contribution is 2.66. The van der Waals surface area contributed by atoms with Crippen molar-refractivity contribution in [2.24, 2.45) is 60.9 Å². The van der Waals surface area contributed by atoms with Crippen molar-refractivity contribution in [1.82, 2.24) is 0 Å². The van der Waals surface area contributed by atoms with Crippen LogP contribution in [0.25, 0.3) is 0 Å². The van der Waals surface area contributed by atoms with Crippen molar-refractivity contribution >= 4 is 67.2 Å². The second-order valence-corrected chi connectivity index (χ2v) is 23.0. The molecule has 0 aromatic heterocycles. The topological polar surface area (TPSA) is 49.4 Å². The lowest BCUT2D eigenvalue weighted by molar-refractivity contribution is -0.381. The summed E-state index contributed by atoms with van der Waals surface area (Å²) in [6.45, 7) is 4.35. The summed E-state index contributed by atoms with van der Waals surface area (Å²) in [6, 6.07) is -0.119. The molecule has 294 valence electrons. The number of alkyl halides is 6. The molecule has 5 aliphatic carbocycles. The first-order valence-electron chi connectivity index (χ1n) is 20.3. The van der Waals surface area contributed by atoms with Crippen LogP contribution in [0.2, 0.25) is 0 Å². The first kappa shape index (κ1) is 38.2. The third-order valence-electron chi connectivity index (χ3n) is 14.7. The number of halogens is 6. The molecule has 4 nitrogen and oxygen atoms in total. The van der Waals surface area contributed by atoms with E-state index in [1.54, 1.807) is 23.5 Å². The van der Waals surface area contributed by atoms with Gasteiger partial charge in [-0.05, 0) is 115 Å². The fourth-order valence-electron chi connectivity index (χ4n) is 11.9. The molecule has 0 saturated heterocycles. The summed E-state index contributed by atoms with van der Waals surface area (Å²) < 4.78 is 92.5. The van der Waals surface area contributed by atoms with Crippen LogP contribution in [0.15, 0.2) is 20.0 Å². The van der Waals surface area contributed by atoms with E-state index in [2.05, 4.69) is 13.8 Å². The van der Waals surface area contributed by atoms with Gasteiger partial charge in [0.1, 0.15) is 0 Å². The van der Waals surface area contributed by atoms with Crippen LogP contribution in [0, 0.1) is 40.9 Å². The Balaban J connectivity index is 0.867. The van der Waals surface area contributed by atoms with Crippen LogP contribution in [0.5, 0.6) is 0 Å². The predicted molar refractivity (Wildman–Crippen MR) is 211 cm³/mol. The molecule has 0 radical (unpaired) electrons. The quantitative estimate of drug-likeness (QED) is 0.259. The fourth-order valence-corrected chi connectivity index (χ4v) is 17.7. The van der Waals surface area contributed by atoms with Crippen LogP contribution in [-0.2, 0) is 0 Å².